The number of carbonyl (C=O) groups is 1. The third-order valence-electron chi connectivity index (χ3n) is 6.75. The average Bonchev–Trinajstić information content (AvgIpc) is 3.26. The van der Waals surface area contributed by atoms with Crippen molar-refractivity contribution in [2.24, 2.45) is 0 Å². The molecule has 1 aromatic heterocycles. The summed E-state index contributed by atoms with van der Waals surface area (Å²) in [6.45, 7) is 7.45. The third-order valence-corrected chi connectivity index (χ3v) is 6.75. The van der Waals surface area contributed by atoms with Gasteiger partial charge in [0.05, 0.1) is 0 Å². The Balaban J connectivity index is 1.46. The quantitative estimate of drug-likeness (QED) is 0.500. The summed E-state index contributed by atoms with van der Waals surface area (Å²) >= 11 is 0. The molecule has 1 amide bonds. The van der Waals surface area contributed by atoms with Gasteiger partial charge in [-0.3, -0.25) is 4.79 Å². The number of benzene rings is 1. The van der Waals surface area contributed by atoms with E-state index in [0.29, 0.717) is 25.9 Å². The highest BCUT2D eigenvalue weighted by molar-refractivity contribution is 5.78. The molecule has 0 spiro atoms. The monoisotopic (exact) mass is 505 g/mol. The first kappa shape index (κ1) is 26.0. The number of halogens is 3. The fraction of sp³-hybridized carbons (Fsp3) is 0.560. The van der Waals surface area contributed by atoms with Crippen molar-refractivity contribution >= 4 is 29.0 Å². The minimum atomic E-state index is -4.58. The van der Waals surface area contributed by atoms with E-state index < -0.39 is 11.7 Å². The van der Waals surface area contributed by atoms with Crippen LogP contribution in [-0.4, -0.2) is 78.5 Å². The van der Waals surface area contributed by atoms with Crippen LogP contribution < -0.4 is 15.5 Å². The van der Waals surface area contributed by atoms with E-state index in [4.69, 9.17) is 0 Å². The first-order valence-corrected chi connectivity index (χ1v) is 12.5. The Hall–Kier alpha value is -3.08. The van der Waals surface area contributed by atoms with Gasteiger partial charge in [0.15, 0.2) is 0 Å². The molecule has 2 aromatic rings. The summed E-state index contributed by atoms with van der Waals surface area (Å²) in [4.78, 5) is 26.2. The van der Waals surface area contributed by atoms with E-state index in [2.05, 4.69) is 43.5 Å². The van der Waals surface area contributed by atoms with Crippen molar-refractivity contribution in [1.29, 1.82) is 0 Å². The van der Waals surface area contributed by atoms with Crippen LogP contribution in [0, 0.1) is 0 Å². The largest absolute Gasteiger partial charge is 0.421 e. The smallest absolute Gasteiger partial charge is 0.369 e. The first-order chi connectivity index (χ1) is 17.2. The van der Waals surface area contributed by atoms with Crippen molar-refractivity contribution in [2.75, 3.05) is 68.4 Å². The van der Waals surface area contributed by atoms with Gasteiger partial charge in [-0.05, 0) is 50.1 Å². The molecule has 0 aliphatic carbocycles. The minimum absolute atomic E-state index is 0.0993. The molecular weight excluding hydrogens is 471 g/mol. The highest BCUT2D eigenvalue weighted by Crippen LogP contribution is 2.34. The van der Waals surface area contributed by atoms with Gasteiger partial charge in [0.2, 0.25) is 11.9 Å². The van der Waals surface area contributed by atoms with Crippen molar-refractivity contribution in [3.8, 4) is 0 Å². The molecule has 2 fully saturated rings. The van der Waals surface area contributed by atoms with E-state index in [1.165, 1.54) is 0 Å². The molecule has 3 heterocycles. The topological polar surface area (TPSA) is 76.6 Å². The Labute approximate surface area is 209 Å². The number of carbonyl (C=O) groups excluding carboxylic acids is 1. The van der Waals surface area contributed by atoms with Crippen LogP contribution in [0.4, 0.5) is 36.3 Å². The fourth-order valence-electron chi connectivity index (χ4n) is 4.58. The number of likely N-dealkylation sites (tertiary alicyclic amines) is 1. The molecule has 0 saturated carbocycles. The van der Waals surface area contributed by atoms with E-state index in [9.17, 15) is 18.0 Å². The van der Waals surface area contributed by atoms with Gasteiger partial charge in [-0.2, -0.15) is 18.2 Å². The molecule has 2 N–H and O–H groups in total. The van der Waals surface area contributed by atoms with Gasteiger partial charge < -0.3 is 25.3 Å². The SMILES string of the molecule is CCc1cc(N2CCN(C)CC2)ccc1Nc1ncc(C(F)(F)F)c(NCCCN2CCCC2=O)n1. The summed E-state index contributed by atoms with van der Waals surface area (Å²) in [5.74, 6) is -0.0630. The molecule has 1 aromatic carbocycles. The molecule has 196 valence electrons. The highest BCUT2D eigenvalue weighted by atomic mass is 19.4. The maximum Gasteiger partial charge on any atom is 0.421 e. The Bertz CT molecular complexity index is 1050. The molecule has 2 aliphatic heterocycles. The Morgan fingerprint density at radius 3 is 2.56 bits per heavy atom. The number of aryl methyl sites for hydroxylation is 1. The van der Waals surface area contributed by atoms with Crippen LogP contribution in [0.5, 0.6) is 0 Å². The fourth-order valence-corrected chi connectivity index (χ4v) is 4.58. The number of aromatic nitrogens is 2. The number of rotatable bonds is 9. The lowest BCUT2D eigenvalue weighted by molar-refractivity contribution is -0.137. The van der Waals surface area contributed by atoms with Crippen LogP contribution in [0.15, 0.2) is 24.4 Å². The molecule has 0 unspecified atom stereocenters. The molecule has 8 nitrogen and oxygen atoms in total. The molecule has 11 heteroatoms. The zero-order valence-corrected chi connectivity index (χ0v) is 20.9. The molecule has 4 rings (SSSR count). The number of piperazine rings is 1. The van der Waals surface area contributed by atoms with Gasteiger partial charge in [-0.1, -0.05) is 6.92 Å². The zero-order valence-electron chi connectivity index (χ0n) is 20.9. The number of hydrogen-bond acceptors (Lipinski definition) is 7. The van der Waals surface area contributed by atoms with Gasteiger partial charge >= 0.3 is 6.18 Å². The van der Waals surface area contributed by atoms with E-state index >= 15 is 0 Å². The van der Waals surface area contributed by atoms with Crippen molar-refractivity contribution in [3.05, 3.63) is 35.5 Å². The first-order valence-electron chi connectivity index (χ1n) is 12.5. The van der Waals surface area contributed by atoms with Crippen LogP contribution in [0.1, 0.15) is 37.3 Å². The summed E-state index contributed by atoms with van der Waals surface area (Å²) in [6, 6.07) is 6.08. The Kier molecular flexibility index (Phi) is 8.17. The number of likely N-dealkylation sites (N-methyl/N-ethyl adjacent to an activating group) is 1. The number of nitrogens with one attached hydrogen (secondary N) is 2. The average molecular weight is 506 g/mol. The van der Waals surface area contributed by atoms with Gasteiger partial charge in [-0.25, -0.2) is 4.98 Å². The van der Waals surface area contributed by atoms with E-state index in [-0.39, 0.29) is 24.2 Å². The summed E-state index contributed by atoms with van der Waals surface area (Å²) in [7, 11) is 2.11. The number of amides is 1. The Morgan fingerprint density at radius 2 is 1.89 bits per heavy atom. The van der Waals surface area contributed by atoms with Gasteiger partial charge in [0, 0.05) is 69.8 Å². The highest BCUT2D eigenvalue weighted by Gasteiger charge is 2.35. The lowest BCUT2D eigenvalue weighted by Crippen LogP contribution is -2.44. The normalized spacial score (nSPS) is 17.1. The predicted molar refractivity (Wildman–Crippen MR) is 135 cm³/mol. The maximum atomic E-state index is 13.6. The van der Waals surface area contributed by atoms with Crippen LogP contribution in [0.2, 0.25) is 0 Å². The third kappa shape index (κ3) is 6.37. The van der Waals surface area contributed by atoms with Gasteiger partial charge in [-0.15, -0.1) is 0 Å². The van der Waals surface area contributed by atoms with Crippen molar-refractivity contribution in [2.45, 2.75) is 38.8 Å². The van der Waals surface area contributed by atoms with Gasteiger partial charge in [0.25, 0.3) is 0 Å². The summed E-state index contributed by atoms with van der Waals surface area (Å²) in [6.07, 6.45) is -1.10. The minimum Gasteiger partial charge on any atom is -0.369 e. The molecule has 36 heavy (non-hydrogen) atoms. The van der Waals surface area contributed by atoms with Crippen LogP contribution in [0.25, 0.3) is 0 Å². The van der Waals surface area contributed by atoms with Gasteiger partial charge in [0.1, 0.15) is 11.4 Å². The summed E-state index contributed by atoms with van der Waals surface area (Å²) in [5.41, 5.74) is 2.04. The molecule has 0 atom stereocenters. The van der Waals surface area contributed by atoms with Crippen molar-refractivity contribution < 1.29 is 18.0 Å². The second kappa shape index (κ2) is 11.3. The molecule has 2 saturated heterocycles. The Morgan fingerprint density at radius 1 is 1.11 bits per heavy atom. The molecule has 0 radical (unpaired) electrons. The lowest BCUT2D eigenvalue weighted by Gasteiger charge is -2.34. The second-order valence-corrected chi connectivity index (χ2v) is 9.33. The number of hydrogen-bond donors (Lipinski definition) is 2. The second-order valence-electron chi connectivity index (χ2n) is 9.33. The molecule has 0 bridgehead atoms. The van der Waals surface area contributed by atoms with Crippen molar-refractivity contribution in [1.82, 2.24) is 19.8 Å². The number of alkyl halides is 3. The molecule has 2 aliphatic rings. The van der Waals surface area contributed by atoms with E-state index in [1.54, 1.807) is 4.90 Å². The predicted octanol–water partition coefficient (Wildman–Crippen LogP) is 3.98. The maximum absolute atomic E-state index is 13.6. The standard InChI is InChI=1S/C25H34F3N7O/c1-3-18-16-19(34-14-12-33(2)13-15-34)7-8-21(18)31-24-30-17-20(25(26,27)28)23(32-24)29-9-5-11-35-10-4-6-22(35)36/h7-8,16-17H,3-6,9-15H2,1-2H3,(H2,29,30,31,32). The number of nitrogens with zero attached hydrogens (tertiary/aromatic N) is 5. The van der Waals surface area contributed by atoms with Crippen LogP contribution >= 0.6 is 0 Å². The van der Waals surface area contributed by atoms with E-state index in [0.717, 1.165) is 62.2 Å². The van der Waals surface area contributed by atoms with Crippen molar-refractivity contribution in [3.63, 3.8) is 0 Å². The zero-order chi connectivity index (χ0) is 25.7. The molecular formula is C25H34F3N7O. The number of anilines is 4. The van der Waals surface area contributed by atoms with E-state index in [1.807, 2.05) is 19.1 Å². The lowest BCUT2D eigenvalue weighted by atomic mass is 10.1. The van der Waals surface area contributed by atoms with Crippen LogP contribution in [-0.2, 0) is 17.4 Å². The summed E-state index contributed by atoms with van der Waals surface area (Å²) in [5, 5.41) is 5.92. The summed E-state index contributed by atoms with van der Waals surface area (Å²) < 4.78 is 40.7. The van der Waals surface area contributed by atoms with Crippen LogP contribution in [0.3, 0.4) is 0 Å².